The van der Waals surface area contributed by atoms with Crippen molar-refractivity contribution in [3.8, 4) is 0 Å². The van der Waals surface area contributed by atoms with Crippen LogP contribution in [0.3, 0.4) is 0 Å². The zero-order valence-corrected chi connectivity index (χ0v) is 12.5. The first kappa shape index (κ1) is 14.0. The average Bonchev–Trinajstić information content (AvgIpc) is 2.37. The molecule has 3 heteroatoms. The summed E-state index contributed by atoms with van der Waals surface area (Å²) in [5, 5.41) is 3.72. The van der Waals surface area contributed by atoms with Crippen molar-refractivity contribution in [1.29, 1.82) is 0 Å². The van der Waals surface area contributed by atoms with Crippen LogP contribution in [0.4, 0.5) is 4.39 Å². The summed E-state index contributed by atoms with van der Waals surface area (Å²) in [6.07, 6.45) is 3.54. The predicted molar refractivity (Wildman–Crippen MR) is 78.3 cm³/mol. The Bertz CT molecular complexity index is 482. The van der Waals surface area contributed by atoms with Crippen LogP contribution in [-0.2, 0) is 4.74 Å². The second-order valence-electron chi connectivity index (χ2n) is 6.89. The van der Waals surface area contributed by atoms with E-state index < -0.39 is 0 Å². The third-order valence-electron chi connectivity index (χ3n) is 5.38. The van der Waals surface area contributed by atoms with Gasteiger partial charge in [0.1, 0.15) is 5.82 Å². The smallest absolute Gasteiger partial charge is 0.126 e. The molecule has 2 fully saturated rings. The Morgan fingerprint density at radius 1 is 1.20 bits per heavy atom. The number of rotatable bonds is 4. The molecule has 2 unspecified atom stereocenters. The van der Waals surface area contributed by atoms with Crippen LogP contribution in [0.2, 0.25) is 0 Å². The molecule has 0 aromatic heterocycles. The quantitative estimate of drug-likeness (QED) is 0.910. The van der Waals surface area contributed by atoms with Gasteiger partial charge in [0, 0.05) is 24.6 Å². The number of halogens is 1. The summed E-state index contributed by atoms with van der Waals surface area (Å²) in [5.74, 6) is 0.328. The lowest BCUT2D eigenvalue weighted by atomic mass is 9.63. The highest BCUT2D eigenvalue weighted by molar-refractivity contribution is 5.25. The zero-order chi connectivity index (χ0) is 14.3. The van der Waals surface area contributed by atoms with E-state index in [9.17, 15) is 4.39 Å². The Morgan fingerprint density at radius 3 is 2.50 bits per heavy atom. The number of nitrogens with one attached hydrogen (secondary N) is 1. The van der Waals surface area contributed by atoms with Crippen LogP contribution in [0.1, 0.15) is 44.6 Å². The highest BCUT2D eigenvalue weighted by Crippen LogP contribution is 2.45. The van der Waals surface area contributed by atoms with Gasteiger partial charge in [0.25, 0.3) is 0 Å². The highest BCUT2D eigenvalue weighted by Gasteiger charge is 2.50. The fraction of sp³-hybridized carbons (Fsp3) is 0.647. The molecule has 2 atom stereocenters. The summed E-state index contributed by atoms with van der Waals surface area (Å²) in [4.78, 5) is 0. The molecule has 0 bridgehead atoms. The Hall–Kier alpha value is -0.930. The number of ether oxygens (including phenoxy) is 1. The van der Waals surface area contributed by atoms with E-state index in [1.807, 2.05) is 12.1 Å². The average molecular weight is 277 g/mol. The molecule has 0 amide bonds. The minimum absolute atomic E-state index is 0.0561. The third-order valence-corrected chi connectivity index (χ3v) is 5.38. The molecule has 2 aliphatic carbocycles. The second kappa shape index (κ2) is 5.12. The van der Waals surface area contributed by atoms with E-state index in [0.29, 0.717) is 24.1 Å². The van der Waals surface area contributed by atoms with E-state index in [2.05, 4.69) is 19.2 Å². The van der Waals surface area contributed by atoms with Gasteiger partial charge < -0.3 is 10.1 Å². The van der Waals surface area contributed by atoms with Gasteiger partial charge in [0.2, 0.25) is 0 Å². The molecule has 110 valence electrons. The fourth-order valence-electron chi connectivity index (χ4n) is 3.67. The van der Waals surface area contributed by atoms with Gasteiger partial charge in [-0.05, 0) is 36.8 Å². The SMILES string of the molecule is COC1CC(NC2CC(c3ccccc3F)C2)C1(C)C. The summed E-state index contributed by atoms with van der Waals surface area (Å²) in [7, 11) is 1.79. The summed E-state index contributed by atoms with van der Waals surface area (Å²) in [6, 6.07) is 8.23. The van der Waals surface area contributed by atoms with E-state index in [1.165, 1.54) is 0 Å². The molecule has 0 spiro atoms. The summed E-state index contributed by atoms with van der Waals surface area (Å²) in [6.45, 7) is 4.52. The van der Waals surface area contributed by atoms with Gasteiger partial charge >= 0.3 is 0 Å². The molecule has 2 nitrogen and oxygen atoms in total. The van der Waals surface area contributed by atoms with Crippen molar-refractivity contribution >= 4 is 0 Å². The maximum Gasteiger partial charge on any atom is 0.126 e. The first-order valence-corrected chi connectivity index (χ1v) is 7.55. The number of benzene rings is 1. The van der Waals surface area contributed by atoms with Gasteiger partial charge in [-0.25, -0.2) is 4.39 Å². The Balaban J connectivity index is 1.51. The van der Waals surface area contributed by atoms with Gasteiger partial charge in [-0.15, -0.1) is 0 Å². The molecular weight excluding hydrogens is 253 g/mol. The molecule has 20 heavy (non-hydrogen) atoms. The minimum atomic E-state index is -0.0561. The van der Waals surface area contributed by atoms with Crippen molar-refractivity contribution in [3.05, 3.63) is 35.6 Å². The molecule has 1 aromatic rings. The van der Waals surface area contributed by atoms with Crippen LogP contribution >= 0.6 is 0 Å². The van der Waals surface area contributed by atoms with Gasteiger partial charge in [-0.3, -0.25) is 0 Å². The third kappa shape index (κ3) is 2.27. The maximum atomic E-state index is 13.7. The molecular formula is C17H24FNO. The van der Waals surface area contributed by atoms with E-state index in [-0.39, 0.29) is 11.2 Å². The van der Waals surface area contributed by atoms with E-state index in [1.54, 1.807) is 19.2 Å². The van der Waals surface area contributed by atoms with Crippen LogP contribution in [0, 0.1) is 11.2 Å². The van der Waals surface area contributed by atoms with Crippen molar-refractivity contribution in [2.45, 2.75) is 57.2 Å². The van der Waals surface area contributed by atoms with Crippen molar-refractivity contribution in [2.75, 3.05) is 7.11 Å². The number of methoxy groups -OCH3 is 1. The van der Waals surface area contributed by atoms with Crippen LogP contribution < -0.4 is 5.32 Å². The van der Waals surface area contributed by atoms with Crippen LogP contribution in [0.5, 0.6) is 0 Å². The van der Waals surface area contributed by atoms with Gasteiger partial charge in [-0.1, -0.05) is 32.0 Å². The molecule has 1 N–H and O–H groups in total. The monoisotopic (exact) mass is 277 g/mol. The molecule has 0 heterocycles. The summed E-state index contributed by atoms with van der Waals surface area (Å²) in [5.41, 5.74) is 1.09. The van der Waals surface area contributed by atoms with Crippen LogP contribution in [-0.4, -0.2) is 25.3 Å². The van der Waals surface area contributed by atoms with Gasteiger partial charge in [0.15, 0.2) is 0 Å². The fourth-order valence-corrected chi connectivity index (χ4v) is 3.67. The minimum Gasteiger partial charge on any atom is -0.381 e. The number of hydrogen-bond donors (Lipinski definition) is 1. The Morgan fingerprint density at radius 2 is 1.90 bits per heavy atom. The first-order valence-electron chi connectivity index (χ1n) is 7.55. The van der Waals surface area contributed by atoms with Gasteiger partial charge in [-0.2, -0.15) is 0 Å². The summed E-state index contributed by atoms with van der Waals surface area (Å²) >= 11 is 0. The van der Waals surface area contributed by atoms with Crippen LogP contribution in [0.25, 0.3) is 0 Å². The second-order valence-corrected chi connectivity index (χ2v) is 6.89. The van der Waals surface area contributed by atoms with E-state index >= 15 is 0 Å². The molecule has 0 aliphatic heterocycles. The van der Waals surface area contributed by atoms with Crippen molar-refractivity contribution in [1.82, 2.24) is 5.32 Å². The molecule has 1 aromatic carbocycles. The highest BCUT2D eigenvalue weighted by atomic mass is 19.1. The van der Waals surface area contributed by atoms with E-state index in [4.69, 9.17) is 4.74 Å². The summed E-state index contributed by atoms with van der Waals surface area (Å²) < 4.78 is 19.2. The maximum absolute atomic E-state index is 13.7. The van der Waals surface area contributed by atoms with Crippen molar-refractivity contribution < 1.29 is 9.13 Å². The topological polar surface area (TPSA) is 21.3 Å². The molecule has 2 aliphatic rings. The first-order chi connectivity index (χ1) is 9.52. The standard InChI is InChI=1S/C17H24FNO/c1-17(2)15(10-16(17)20-3)19-12-8-11(9-12)13-6-4-5-7-14(13)18/h4-7,11-12,15-16,19H,8-10H2,1-3H3. The van der Waals surface area contributed by atoms with Gasteiger partial charge in [0.05, 0.1) is 6.10 Å². The van der Waals surface area contributed by atoms with E-state index in [0.717, 1.165) is 24.8 Å². The molecule has 0 saturated heterocycles. The molecule has 2 saturated carbocycles. The van der Waals surface area contributed by atoms with Crippen molar-refractivity contribution in [3.63, 3.8) is 0 Å². The molecule has 3 rings (SSSR count). The predicted octanol–water partition coefficient (Wildman–Crippen LogP) is 3.47. The lowest BCUT2D eigenvalue weighted by Gasteiger charge is -2.54. The zero-order valence-electron chi connectivity index (χ0n) is 12.5. The molecule has 0 radical (unpaired) electrons. The number of hydrogen-bond acceptors (Lipinski definition) is 2. The Labute approximate surface area is 120 Å². The normalized spacial score (nSPS) is 35.2. The lowest BCUT2D eigenvalue weighted by molar-refractivity contribution is -0.103. The largest absolute Gasteiger partial charge is 0.381 e. The van der Waals surface area contributed by atoms with Crippen molar-refractivity contribution in [2.24, 2.45) is 5.41 Å². The Kier molecular flexibility index (Phi) is 3.59. The van der Waals surface area contributed by atoms with Crippen LogP contribution in [0.15, 0.2) is 24.3 Å². The lowest BCUT2D eigenvalue weighted by Crippen LogP contribution is -2.63.